The number of hydrogen-bond acceptors (Lipinski definition) is 2. The van der Waals surface area contributed by atoms with Crippen LogP contribution in [0.5, 0.6) is 0 Å². The molecule has 1 atom stereocenters. The topological polar surface area (TPSA) is 41.1 Å². The van der Waals surface area contributed by atoms with E-state index in [1.807, 2.05) is 13.0 Å². The molecule has 92 valence electrons. The molecule has 0 aliphatic heterocycles. The third-order valence-electron chi connectivity index (χ3n) is 2.90. The summed E-state index contributed by atoms with van der Waals surface area (Å²) in [5, 5.41) is 5.81. The molecule has 2 N–H and O–H groups in total. The molecule has 1 saturated carbocycles. The van der Waals surface area contributed by atoms with Crippen LogP contribution < -0.4 is 10.6 Å². The molecule has 3 nitrogen and oxygen atoms in total. The van der Waals surface area contributed by atoms with E-state index in [0.29, 0.717) is 11.7 Å². The van der Waals surface area contributed by atoms with Gasteiger partial charge in [0.15, 0.2) is 0 Å². The summed E-state index contributed by atoms with van der Waals surface area (Å²) >= 11 is 0. The molecule has 1 aliphatic rings. The van der Waals surface area contributed by atoms with Crippen LogP contribution in [0.4, 0.5) is 10.1 Å². The standard InChI is InChI=1S/C13H17FN2O/c1-8-4-3-5-11(14)12(8)15-9(2)13(17)16-10-6-7-10/h3-5,9-10,15H,6-7H2,1-2H3,(H,16,17). The summed E-state index contributed by atoms with van der Waals surface area (Å²) in [6.45, 7) is 3.56. The monoisotopic (exact) mass is 236 g/mol. The van der Waals surface area contributed by atoms with Crippen LogP contribution in [0.3, 0.4) is 0 Å². The summed E-state index contributed by atoms with van der Waals surface area (Å²) in [4.78, 5) is 11.7. The number of aryl methyl sites for hydroxylation is 1. The van der Waals surface area contributed by atoms with Crippen LogP contribution in [0.15, 0.2) is 18.2 Å². The van der Waals surface area contributed by atoms with Crippen LogP contribution in [0.1, 0.15) is 25.3 Å². The molecule has 17 heavy (non-hydrogen) atoms. The van der Waals surface area contributed by atoms with Crippen LogP contribution in [0, 0.1) is 12.7 Å². The Morgan fingerprint density at radius 3 is 2.76 bits per heavy atom. The highest BCUT2D eigenvalue weighted by Crippen LogP contribution is 2.21. The molecule has 0 radical (unpaired) electrons. The molecule has 1 aliphatic carbocycles. The average molecular weight is 236 g/mol. The van der Waals surface area contributed by atoms with Gasteiger partial charge in [0.1, 0.15) is 11.9 Å². The van der Waals surface area contributed by atoms with E-state index < -0.39 is 6.04 Å². The average Bonchev–Trinajstić information content (AvgIpc) is 3.07. The third-order valence-corrected chi connectivity index (χ3v) is 2.90. The predicted molar refractivity (Wildman–Crippen MR) is 65.4 cm³/mol. The van der Waals surface area contributed by atoms with Gasteiger partial charge in [-0.25, -0.2) is 4.39 Å². The Morgan fingerprint density at radius 1 is 1.47 bits per heavy atom. The second-order valence-corrected chi connectivity index (χ2v) is 4.58. The van der Waals surface area contributed by atoms with Crippen LogP contribution in [0.2, 0.25) is 0 Å². The van der Waals surface area contributed by atoms with E-state index >= 15 is 0 Å². The van der Waals surface area contributed by atoms with Gasteiger partial charge in [-0.1, -0.05) is 12.1 Å². The number of anilines is 1. The van der Waals surface area contributed by atoms with Gasteiger partial charge in [-0.3, -0.25) is 4.79 Å². The Labute approximate surface area is 100 Å². The lowest BCUT2D eigenvalue weighted by Gasteiger charge is -2.17. The Hall–Kier alpha value is -1.58. The zero-order chi connectivity index (χ0) is 12.4. The van der Waals surface area contributed by atoms with Gasteiger partial charge >= 0.3 is 0 Å². The van der Waals surface area contributed by atoms with Gasteiger partial charge in [-0.2, -0.15) is 0 Å². The van der Waals surface area contributed by atoms with Gasteiger partial charge in [-0.15, -0.1) is 0 Å². The smallest absolute Gasteiger partial charge is 0.242 e. The number of carbonyl (C=O) groups excluding carboxylic acids is 1. The van der Waals surface area contributed by atoms with Crippen LogP contribution in [-0.2, 0) is 4.79 Å². The van der Waals surface area contributed by atoms with Crippen molar-refractivity contribution in [3.8, 4) is 0 Å². The maximum atomic E-state index is 13.6. The first kappa shape index (κ1) is 11.9. The predicted octanol–water partition coefficient (Wildman–Crippen LogP) is 2.21. The van der Waals surface area contributed by atoms with Crippen molar-refractivity contribution in [2.24, 2.45) is 0 Å². The minimum atomic E-state index is -0.425. The molecule has 4 heteroatoms. The molecule has 1 aromatic rings. The Kier molecular flexibility index (Phi) is 3.31. The fourth-order valence-electron chi connectivity index (χ4n) is 1.65. The molecule has 2 rings (SSSR count). The van der Waals surface area contributed by atoms with Crippen molar-refractivity contribution >= 4 is 11.6 Å². The lowest BCUT2D eigenvalue weighted by molar-refractivity contribution is -0.121. The highest BCUT2D eigenvalue weighted by atomic mass is 19.1. The summed E-state index contributed by atoms with van der Waals surface area (Å²) in [6, 6.07) is 4.77. The fraction of sp³-hybridized carbons (Fsp3) is 0.462. The normalized spacial score (nSPS) is 16.4. The number of carbonyl (C=O) groups is 1. The van der Waals surface area contributed by atoms with Gasteiger partial charge < -0.3 is 10.6 Å². The van der Waals surface area contributed by atoms with E-state index in [0.717, 1.165) is 18.4 Å². The lowest BCUT2D eigenvalue weighted by atomic mass is 10.1. The first-order valence-electron chi connectivity index (χ1n) is 5.90. The first-order chi connectivity index (χ1) is 8.08. The largest absolute Gasteiger partial charge is 0.371 e. The third kappa shape index (κ3) is 2.96. The summed E-state index contributed by atoms with van der Waals surface area (Å²) in [7, 11) is 0. The van der Waals surface area contributed by atoms with Gasteiger partial charge in [0.05, 0.1) is 5.69 Å². The van der Waals surface area contributed by atoms with Crippen molar-refractivity contribution in [1.82, 2.24) is 5.32 Å². The van der Waals surface area contributed by atoms with E-state index in [4.69, 9.17) is 0 Å². The van der Waals surface area contributed by atoms with E-state index in [1.165, 1.54) is 6.07 Å². The molecule has 0 aromatic heterocycles. The van der Waals surface area contributed by atoms with Crippen molar-refractivity contribution in [1.29, 1.82) is 0 Å². The summed E-state index contributed by atoms with van der Waals surface area (Å²) in [6.07, 6.45) is 2.11. The van der Waals surface area contributed by atoms with Gasteiger partial charge in [-0.05, 0) is 38.3 Å². The minimum Gasteiger partial charge on any atom is -0.371 e. The summed E-state index contributed by atoms with van der Waals surface area (Å²) in [5.41, 5.74) is 1.21. The van der Waals surface area contributed by atoms with Crippen LogP contribution >= 0.6 is 0 Å². The Balaban J connectivity index is 2.01. The van der Waals surface area contributed by atoms with E-state index in [9.17, 15) is 9.18 Å². The Morgan fingerprint density at radius 2 is 2.18 bits per heavy atom. The molecular weight excluding hydrogens is 219 g/mol. The molecule has 1 amide bonds. The summed E-state index contributed by atoms with van der Waals surface area (Å²) in [5.74, 6) is -0.397. The van der Waals surface area contributed by atoms with Crippen molar-refractivity contribution in [2.45, 2.75) is 38.8 Å². The molecule has 0 heterocycles. The molecule has 0 saturated heterocycles. The Bertz CT molecular complexity index is 409. The quantitative estimate of drug-likeness (QED) is 0.841. The highest BCUT2D eigenvalue weighted by Gasteiger charge is 2.25. The van der Waals surface area contributed by atoms with Crippen molar-refractivity contribution < 1.29 is 9.18 Å². The zero-order valence-corrected chi connectivity index (χ0v) is 10.1. The second kappa shape index (κ2) is 4.73. The number of rotatable bonds is 4. The molecule has 0 bridgehead atoms. The first-order valence-corrected chi connectivity index (χ1v) is 5.90. The van der Waals surface area contributed by atoms with Crippen molar-refractivity contribution in [3.63, 3.8) is 0 Å². The van der Waals surface area contributed by atoms with Crippen LogP contribution in [-0.4, -0.2) is 18.0 Å². The zero-order valence-electron chi connectivity index (χ0n) is 10.1. The van der Waals surface area contributed by atoms with Crippen molar-refractivity contribution in [2.75, 3.05) is 5.32 Å². The fourth-order valence-corrected chi connectivity index (χ4v) is 1.65. The number of para-hydroxylation sites is 1. The maximum Gasteiger partial charge on any atom is 0.242 e. The minimum absolute atomic E-state index is 0.0739. The number of amides is 1. The molecule has 0 spiro atoms. The van der Waals surface area contributed by atoms with Gasteiger partial charge in [0.2, 0.25) is 5.91 Å². The molecule has 1 fully saturated rings. The number of benzene rings is 1. The van der Waals surface area contributed by atoms with Crippen molar-refractivity contribution in [3.05, 3.63) is 29.6 Å². The van der Waals surface area contributed by atoms with E-state index in [1.54, 1.807) is 13.0 Å². The number of halogens is 1. The number of hydrogen-bond donors (Lipinski definition) is 2. The molecule has 1 unspecified atom stereocenters. The lowest BCUT2D eigenvalue weighted by Crippen LogP contribution is -2.39. The molecule has 1 aromatic carbocycles. The highest BCUT2D eigenvalue weighted by molar-refractivity contribution is 5.84. The van der Waals surface area contributed by atoms with Crippen LogP contribution in [0.25, 0.3) is 0 Å². The second-order valence-electron chi connectivity index (χ2n) is 4.58. The number of nitrogens with one attached hydrogen (secondary N) is 2. The van der Waals surface area contributed by atoms with Gasteiger partial charge in [0.25, 0.3) is 0 Å². The van der Waals surface area contributed by atoms with E-state index in [-0.39, 0.29) is 11.7 Å². The molecular formula is C13H17FN2O. The van der Waals surface area contributed by atoms with E-state index in [2.05, 4.69) is 10.6 Å². The summed E-state index contributed by atoms with van der Waals surface area (Å²) < 4.78 is 13.6. The SMILES string of the molecule is Cc1cccc(F)c1NC(C)C(=O)NC1CC1. The van der Waals surface area contributed by atoms with Gasteiger partial charge in [0, 0.05) is 6.04 Å². The maximum absolute atomic E-state index is 13.6.